The molecule has 0 radical (unpaired) electrons. The lowest BCUT2D eigenvalue weighted by atomic mass is 9.73. The number of hydrogen-bond donors (Lipinski definition) is 2. The zero-order chi connectivity index (χ0) is 22.0. The van der Waals surface area contributed by atoms with Crippen LogP contribution < -0.4 is 4.74 Å². The maximum absolute atomic E-state index is 11.3. The molecule has 0 aromatic heterocycles. The number of aryl methyl sites for hydroxylation is 1. The van der Waals surface area contributed by atoms with Gasteiger partial charge in [-0.1, -0.05) is 64.4 Å². The van der Waals surface area contributed by atoms with E-state index in [0.29, 0.717) is 16.3 Å². The lowest BCUT2D eigenvalue weighted by Crippen LogP contribution is -2.32. The normalized spacial score (nSPS) is 14.9. The van der Waals surface area contributed by atoms with Crippen LogP contribution in [0.5, 0.6) is 5.75 Å². The molecule has 0 fully saturated rings. The molecule has 0 saturated heterocycles. The Hall–Kier alpha value is -2.04. The van der Waals surface area contributed by atoms with Crippen molar-refractivity contribution in [3.63, 3.8) is 0 Å². The van der Waals surface area contributed by atoms with Gasteiger partial charge in [-0.15, -0.1) is 0 Å². The molecule has 0 aliphatic carbocycles. The van der Waals surface area contributed by atoms with Crippen LogP contribution in [0.1, 0.15) is 68.1 Å². The summed E-state index contributed by atoms with van der Waals surface area (Å²) in [6.45, 7) is 12.1. The second-order valence-corrected chi connectivity index (χ2v) is 9.27. The number of carboxylic acids is 1. The number of carboxylic acid groups (broad SMARTS) is 1. The third-order valence-corrected chi connectivity index (χ3v) is 6.06. The largest absolute Gasteiger partial charge is 0.489 e. The lowest BCUT2D eigenvalue weighted by molar-refractivity contribution is 0.0218. The molecule has 0 amide bonds. The van der Waals surface area contributed by atoms with Crippen LogP contribution in [-0.2, 0) is 5.41 Å². The minimum absolute atomic E-state index is 0.170. The zero-order valence-electron chi connectivity index (χ0n) is 18.0. The number of hydrogen-bond acceptors (Lipinski definition) is 3. The van der Waals surface area contributed by atoms with Crippen LogP contribution in [-0.4, -0.2) is 28.9 Å². The first-order valence-electron chi connectivity index (χ1n) is 9.85. The van der Waals surface area contributed by atoms with Gasteiger partial charge in [-0.2, -0.15) is 0 Å². The first kappa shape index (κ1) is 23.2. The van der Waals surface area contributed by atoms with Crippen LogP contribution in [0.15, 0.2) is 36.4 Å². The third-order valence-electron chi connectivity index (χ3n) is 5.77. The quantitative estimate of drug-likeness (QED) is 0.591. The van der Waals surface area contributed by atoms with Crippen molar-refractivity contribution in [2.75, 3.05) is 6.61 Å². The van der Waals surface area contributed by atoms with E-state index >= 15 is 0 Å². The van der Waals surface area contributed by atoms with Crippen LogP contribution in [0.4, 0.5) is 0 Å². The molecule has 2 unspecified atom stereocenters. The van der Waals surface area contributed by atoms with E-state index in [4.69, 9.17) is 16.3 Å². The molecular formula is C24H31ClO4. The molecule has 29 heavy (non-hydrogen) atoms. The van der Waals surface area contributed by atoms with E-state index in [1.807, 2.05) is 58.0 Å². The number of ether oxygens (including phenoxy) is 1. The average Bonchev–Trinajstić information content (AvgIpc) is 2.64. The number of aromatic carboxylic acids is 1. The van der Waals surface area contributed by atoms with E-state index < -0.39 is 12.1 Å². The van der Waals surface area contributed by atoms with Crippen molar-refractivity contribution in [2.45, 2.75) is 59.5 Å². The van der Waals surface area contributed by atoms with Crippen molar-refractivity contribution in [1.82, 2.24) is 0 Å². The average molecular weight is 419 g/mol. The first-order chi connectivity index (χ1) is 13.4. The highest BCUT2D eigenvalue weighted by molar-refractivity contribution is 6.32. The van der Waals surface area contributed by atoms with Gasteiger partial charge in [-0.05, 0) is 53.6 Å². The van der Waals surface area contributed by atoms with Crippen molar-refractivity contribution < 1.29 is 19.7 Å². The molecule has 2 N–H and O–H groups in total. The maximum Gasteiger partial charge on any atom is 0.335 e. The van der Waals surface area contributed by atoms with Crippen molar-refractivity contribution >= 4 is 17.6 Å². The minimum atomic E-state index is -0.922. The fourth-order valence-corrected chi connectivity index (χ4v) is 3.44. The van der Waals surface area contributed by atoms with Crippen LogP contribution in [0, 0.1) is 12.3 Å². The van der Waals surface area contributed by atoms with E-state index in [2.05, 4.69) is 13.8 Å². The van der Waals surface area contributed by atoms with Gasteiger partial charge in [0.1, 0.15) is 12.4 Å². The molecule has 0 spiro atoms. The second kappa shape index (κ2) is 8.76. The molecule has 4 nitrogen and oxygen atoms in total. The summed E-state index contributed by atoms with van der Waals surface area (Å²) in [5.74, 6) is -0.385. The Bertz CT molecular complexity index is 885. The van der Waals surface area contributed by atoms with Crippen LogP contribution >= 0.6 is 11.6 Å². The highest BCUT2D eigenvalue weighted by Gasteiger charge is 2.29. The van der Waals surface area contributed by atoms with Crippen LogP contribution in [0.3, 0.4) is 0 Å². The van der Waals surface area contributed by atoms with E-state index in [0.717, 1.165) is 23.1 Å². The summed E-state index contributed by atoms with van der Waals surface area (Å²) in [5.41, 5.74) is 2.51. The number of rotatable bonds is 7. The summed E-state index contributed by atoms with van der Waals surface area (Å²) in [5, 5.41) is 20.0. The van der Waals surface area contributed by atoms with Gasteiger partial charge < -0.3 is 14.9 Å². The minimum Gasteiger partial charge on any atom is -0.489 e. The van der Waals surface area contributed by atoms with Crippen LogP contribution in [0.2, 0.25) is 5.02 Å². The fraction of sp³-hybridized carbons (Fsp3) is 0.458. The number of halogens is 1. The van der Waals surface area contributed by atoms with Gasteiger partial charge in [0.05, 0.1) is 16.7 Å². The topological polar surface area (TPSA) is 66.8 Å². The Morgan fingerprint density at radius 2 is 1.69 bits per heavy atom. The number of benzene rings is 2. The molecule has 0 aliphatic heterocycles. The molecule has 2 aromatic carbocycles. The Balaban J connectivity index is 2.33. The van der Waals surface area contributed by atoms with Gasteiger partial charge in [0.2, 0.25) is 0 Å². The Labute approximate surface area is 178 Å². The molecule has 0 aliphatic rings. The second-order valence-electron chi connectivity index (χ2n) is 8.86. The Morgan fingerprint density at radius 1 is 1.10 bits per heavy atom. The smallest absolute Gasteiger partial charge is 0.335 e. The van der Waals surface area contributed by atoms with Gasteiger partial charge in [0.15, 0.2) is 0 Å². The molecule has 158 valence electrons. The van der Waals surface area contributed by atoms with Gasteiger partial charge in [0, 0.05) is 5.41 Å². The van der Waals surface area contributed by atoms with E-state index in [-0.39, 0.29) is 17.4 Å². The highest BCUT2D eigenvalue weighted by atomic mass is 35.5. The molecule has 2 aromatic rings. The molecule has 5 heteroatoms. The van der Waals surface area contributed by atoms with Crippen molar-refractivity contribution in [2.24, 2.45) is 5.41 Å². The standard InChI is InChI=1S/C24H31ClO4/c1-7-24(6,16-8-10-18(22(27)28)15(2)12-16)17-9-11-20(19(25)13-17)29-14-21(26)23(3,4)5/h8-13,21,26H,7,14H2,1-6H3,(H,27,28). The van der Waals surface area contributed by atoms with Crippen molar-refractivity contribution in [3.05, 3.63) is 63.7 Å². The molecular weight excluding hydrogens is 388 g/mol. The predicted molar refractivity (Wildman–Crippen MR) is 117 cm³/mol. The molecule has 2 atom stereocenters. The monoisotopic (exact) mass is 418 g/mol. The predicted octanol–water partition coefficient (Wildman–Crippen LogP) is 5.85. The fourth-order valence-electron chi connectivity index (χ4n) is 3.20. The van der Waals surface area contributed by atoms with Crippen molar-refractivity contribution in [1.29, 1.82) is 0 Å². The first-order valence-corrected chi connectivity index (χ1v) is 10.2. The summed E-state index contributed by atoms with van der Waals surface area (Å²) in [6, 6.07) is 11.2. The van der Waals surface area contributed by atoms with E-state index in [1.54, 1.807) is 6.07 Å². The SMILES string of the molecule is CCC(C)(c1ccc(C(=O)O)c(C)c1)c1ccc(OCC(O)C(C)(C)C)c(Cl)c1. The summed E-state index contributed by atoms with van der Waals surface area (Å²) >= 11 is 6.49. The Morgan fingerprint density at radius 3 is 2.17 bits per heavy atom. The summed E-state index contributed by atoms with van der Waals surface area (Å²) in [4.78, 5) is 11.3. The number of aliphatic hydroxyl groups excluding tert-OH is 1. The molecule has 0 saturated carbocycles. The summed E-state index contributed by atoms with van der Waals surface area (Å²) < 4.78 is 5.75. The number of carbonyl (C=O) groups is 1. The lowest BCUT2D eigenvalue weighted by Gasteiger charge is -2.31. The Kier molecular flexibility index (Phi) is 7.02. The van der Waals surface area contributed by atoms with Crippen LogP contribution in [0.25, 0.3) is 0 Å². The van der Waals surface area contributed by atoms with Gasteiger partial charge in [-0.3, -0.25) is 0 Å². The van der Waals surface area contributed by atoms with Gasteiger partial charge in [-0.25, -0.2) is 4.79 Å². The van der Waals surface area contributed by atoms with E-state index in [9.17, 15) is 15.0 Å². The molecule has 0 heterocycles. The molecule has 0 bridgehead atoms. The van der Waals surface area contributed by atoms with E-state index in [1.165, 1.54) is 0 Å². The maximum atomic E-state index is 11.3. The molecule has 2 rings (SSSR count). The highest BCUT2D eigenvalue weighted by Crippen LogP contribution is 2.39. The van der Waals surface area contributed by atoms with Gasteiger partial charge >= 0.3 is 5.97 Å². The third kappa shape index (κ3) is 5.12. The summed E-state index contributed by atoms with van der Waals surface area (Å²) in [7, 11) is 0. The van der Waals surface area contributed by atoms with Crippen molar-refractivity contribution in [3.8, 4) is 5.75 Å². The number of aliphatic hydroxyl groups is 1. The summed E-state index contributed by atoms with van der Waals surface area (Å²) in [6.07, 6.45) is 0.216. The zero-order valence-corrected chi connectivity index (χ0v) is 18.8. The van der Waals surface area contributed by atoms with Gasteiger partial charge in [0.25, 0.3) is 0 Å².